The zero-order valence-electron chi connectivity index (χ0n) is 13.4. The molecule has 0 aliphatic rings. The number of carbonyl (C=O) groups is 1. The first kappa shape index (κ1) is 16.6. The molecule has 0 fully saturated rings. The van der Waals surface area contributed by atoms with Gasteiger partial charge in [-0.1, -0.05) is 18.2 Å². The number of aryl methyl sites for hydroxylation is 1. The average Bonchev–Trinajstić information content (AvgIpc) is 2.59. The minimum Gasteiger partial charge on any atom is -0.354 e. The van der Waals surface area contributed by atoms with Crippen molar-refractivity contribution in [1.82, 2.24) is 4.98 Å². The van der Waals surface area contributed by atoms with Gasteiger partial charge in [-0.2, -0.15) is 0 Å². The number of pyridine rings is 1. The molecule has 6 heteroatoms. The quantitative estimate of drug-likeness (QED) is 0.727. The van der Waals surface area contributed by atoms with Crippen molar-refractivity contribution in [3.8, 4) is 0 Å². The van der Waals surface area contributed by atoms with E-state index in [4.69, 9.17) is 0 Å². The molecule has 3 rings (SSSR count). The molecule has 0 saturated heterocycles. The molecule has 0 atom stereocenters. The van der Waals surface area contributed by atoms with Gasteiger partial charge in [-0.15, -0.1) is 0 Å². The zero-order valence-corrected chi connectivity index (χ0v) is 13.4. The molecule has 2 N–H and O–H groups in total. The summed E-state index contributed by atoms with van der Waals surface area (Å²) in [5, 5.41) is 5.36. The van der Waals surface area contributed by atoms with E-state index in [9.17, 15) is 13.6 Å². The number of aromatic nitrogens is 1. The van der Waals surface area contributed by atoms with E-state index in [1.165, 1.54) is 18.3 Å². The van der Waals surface area contributed by atoms with E-state index in [0.717, 1.165) is 23.4 Å². The van der Waals surface area contributed by atoms with Gasteiger partial charge in [-0.05, 0) is 48.9 Å². The zero-order chi connectivity index (χ0) is 17.8. The Hall–Kier alpha value is -3.28. The third-order valence-electron chi connectivity index (χ3n) is 3.50. The van der Waals surface area contributed by atoms with Crippen molar-refractivity contribution in [3.05, 3.63) is 83.7 Å². The number of amides is 1. The normalized spacial score (nSPS) is 10.4. The van der Waals surface area contributed by atoms with Crippen LogP contribution in [0, 0.1) is 18.6 Å². The molecule has 4 nitrogen and oxygen atoms in total. The van der Waals surface area contributed by atoms with Crippen LogP contribution in [0.3, 0.4) is 0 Å². The number of hydrogen-bond donors (Lipinski definition) is 2. The molecule has 0 bridgehead atoms. The number of rotatable bonds is 4. The van der Waals surface area contributed by atoms with Gasteiger partial charge in [0, 0.05) is 5.69 Å². The minimum absolute atomic E-state index is 0.0532. The largest absolute Gasteiger partial charge is 0.354 e. The van der Waals surface area contributed by atoms with E-state index in [2.05, 4.69) is 15.6 Å². The SMILES string of the molecule is Cc1cccc(Nc2ccc(C(=O)Nc3c(F)cccc3F)nc2)c1. The van der Waals surface area contributed by atoms with E-state index in [1.807, 2.05) is 31.2 Å². The predicted octanol–water partition coefficient (Wildman–Crippen LogP) is 4.66. The Morgan fingerprint density at radius 3 is 2.32 bits per heavy atom. The number of para-hydroxylation sites is 1. The number of carbonyl (C=O) groups excluding carboxylic acids is 1. The molecule has 1 heterocycles. The minimum atomic E-state index is -0.842. The molecular formula is C19H15F2N3O. The van der Waals surface area contributed by atoms with Gasteiger partial charge >= 0.3 is 0 Å². The molecule has 0 unspecified atom stereocenters. The van der Waals surface area contributed by atoms with Crippen LogP contribution in [0.4, 0.5) is 25.8 Å². The smallest absolute Gasteiger partial charge is 0.274 e. The highest BCUT2D eigenvalue weighted by Crippen LogP contribution is 2.20. The fraction of sp³-hybridized carbons (Fsp3) is 0.0526. The molecular weight excluding hydrogens is 324 g/mol. The average molecular weight is 339 g/mol. The van der Waals surface area contributed by atoms with Gasteiger partial charge in [-0.3, -0.25) is 4.79 Å². The number of nitrogens with zero attached hydrogens (tertiary/aromatic N) is 1. The van der Waals surface area contributed by atoms with Crippen molar-refractivity contribution in [3.63, 3.8) is 0 Å². The van der Waals surface area contributed by atoms with Gasteiger partial charge in [0.05, 0.1) is 11.9 Å². The highest BCUT2D eigenvalue weighted by atomic mass is 19.1. The van der Waals surface area contributed by atoms with Crippen LogP contribution in [0.5, 0.6) is 0 Å². The summed E-state index contributed by atoms with van der Waals surface area (Å²) in [6.45, 7) is 1.98. The molecule has 2 aromatic carbocycles. The summed E-state index contributed by atoms with van der Waals surface area (Å²) in [6, 6.07) is 14.3. The summed E-state index contributed by atoms with van der Waals surface area (Å²) < 4.78 is 27.2. The maximum atomic E-state index is 13.6. The van der Waals surface area contributed by atoms with Gasteiger partial charge < -0.3 is 10.6 Å². The van der Waals surface area contributed by atoms with E-state index in [1.54, 1.807) is 6.07 Å². The lowest BCUT2D eigenvalue weighted by Gasteiger charge is -2.09. The monoisotopic (exact) mass is 339 g/mol. The van der Waals surface area contributed by atoms with Gasteiger partial charge in [-0.25, -0.2) is 13.8 Å². The fourth-order valence-corrected chi connectivity index (χ4v) is 2.29. The molecule has 126 valence electrons. The Kier molecular flexibility index (Phi) is 4.70. The van der Waals surface area contributed by atoms with Crippen LogP contribution in [0.2, 0.25) is 0 Å². The van der Waals surface area contributed by atoms with E-state index in [-0.39, 0.29) is 5.69 Å². The molecule has 1 amide bonds. The number of benzene rings is 2. The van der Waals surface area contributed by atoms with E-state index < -0.39 is 23.2 Å². The first-order chi connectivity index (χ1) is 12.0. The lowest BCUT2D eigenvalue weighted by Crippen LogP contribution is -2.15. The van der Waals surface area contributed by atoms with Gasteiger partial charge in [0.25, 0.3) is 5.91 Å². The highest BCUT2D eigenvalue weighted by Gasteiger charge is 2.14. The summed E-state index contributed by atoms with van der Waals surface area (Å²) in [5.74, 6) is -2.37. The second kappa shape index (κ2) is 7.09. The summed E-state index contributed by atoms with van der Waals surface area (Å²) in [6.07, 6.45) is 1.48. The summed E-state index contributed by atoms with van der Waals surface area (Å²) in [7, 11) is 0. The molecule has 0 aliphatic carbocycles. The third kappa shape index (κ3) is 3.98. The molecule has 25 heavy (non-hydrogen) atoms. The topological polar surface area (TPSA) is 54.0 Å². The van der Waals surface area contributed by atoms with Gasteiger partial charge in [0.15, 0.2) is 0 Å². The van der Waals surface area contributed by atoms with Gasteiger partial charge in [0.1, 0.15) is 23.0 Å². The maximum absolute atomic E-state index is 13.6. The molecule has 3 aromatic rings. The molecule has 0 spiro atoms. The number of nitrogens with one attached hydrogen (secondary N) is 2. The summed E-state index contributed by atoms with van der Waals surface area (Å²) >= 11 is 0. The van der Waals surface area contributed by atoms with Crippen LogP contribution >= 0.6 is 0 Å². The van der Waals surface area contributed by atoms with Crippen LogP contribution in [0.15, 0.2) is 60.8 Å². The Labute approximate surface area is 143 Å². The number of halogens is 2. The molecule has 1 aromatic heterocycles. The Morgan fingerprint density at radius 2 is 1.68 bits per heavy atom. The Morgan fingerprint density at radius 1 is 0.960 bits per heavy atom. The van der Waals surface area contributed by atoms with Crippen LogP contribution in [0.1, 0.15) is 16.1 Å². The van der Waals surface area contributed by atoms with Crippen LogP contribution in [-0.2, 0) is 0 Å². The highest BCUT2D eigenvalue weighted by molar-refractivity contribution is 6.03. The number of anilines is 3. The second-order valence-corrected chi connectivity index (χ2v) is 5.48. The van der Waals surface area contributed by atoms with Crippen molar-refractivity contribution in [2.24, 2.45) is 0 Å². The first-order valence-corrected chi connectivity index (χ1v) is 7.58. The van der Waals surface area contributed by atoms with Gasteiger partial charge in [0.2, 0.25) is 0 Å². The lowest BCUT2D eigenvalue weighted by atomic mass is 10.2. The molecule has 0 saturated carbocycles. The predicted molar refractivity (Wildman–Crippen MR) is 93.0 cm³/mol. The van der Waals surface area contributed by atoms with Crippen molar-refractivity contribution in [2.45, 2.75) is 6.92 Å². The summed E-state index contributed by atoms with van der Waals surface area (Å²) in [4.78, 5) is 16.1. The maximum Gasteiger partial charge on any atom is 0.274 e. The van der Waals surface area contributed by atoms with Crippen molar-refractivity contribution >= 4 is 23.0 Å². The standard InChI is InChI=1S/C19H15F2N3O/c1-12-4-2-5-13(10-12)23-14-8-9-17(22-11-14)19(25)24-18-15(20)6-3-7-16(18)21/h2-11,23H,1H3,(H,24,25). The Bertz CT molecular complexity index is 891. The van der Waals surface area contributed by atoms with Crippen molar-refractivity contribution < 1.29 is 13.6 Å². The third-order valence-corrected chi connectivity index (χ3v) is 3.50. The Balaban J connectivity index is 1.72. The van der Waals surface area contributed by atoms with Crippen LogP contribution in [-0.4, -0.2) is 10.9 Å². The van der Waals surface area contributed by atoms with E-state index >= 15 is 0 Å². The van der Waals surface area contributed by atoms with Crippen LogP contribution < -0.4 is 10.6 Å². The second-order valence-electron chi connectivity index (χ2n) is 5.48. The van der Waals surface area contributed by atoms with Crippen molar-refractivity contribution in [1.29, 1.82) is 0 Å². The first-order valence-electron chi connectivity index (χ1n) is 7.58. The lowest BCUT2D eigenvalue weighted by molar-refractivity contribution is 0.102. The number of hydrogen-bond acceptors (Lipinski definition) is 3. The molecule has 0 radical (unpaired) electrons. The van der Waals surface area contributed by atoms with Crippen molar-refractivity contribution in [2.75, 3.05) is 10.6 Å². The van der Waals surface area contributed by atoms with Crippen LogP contribution in [0.25, 0.3) is 0 Å². The summed E-state index contributed by atoms with van der Waals surface area (Å²) in [5.41, 5.74) is 2.27. The molecule has 0 aliphatic heterocycles. The van der Waals surface area contributed by atoms with E-state index in [0.29, 0.717) is 5.69 Å². The fourth-order valence-electron chi connectivity index (χ4n) is 2.29.